The van der Waals surface area contributed by atoms with Gasteiger partial charge in [0.05, 0.1) is 23.7 Å². The van der Waals surface area contributed by atoms with Gasteiger partial charge in [-0.15, -0.1) is 12.4 Å². The molecule has 9 nitrogen and oxygen atoms in total. The van der Waals surface area contributed by atoms with Crippen molar-refractivity contribution in [3.05, 3.63) is 82.2 Å². The van der Waals surface area contributed by atoms with Crippen molar-refractivity contribution in [2.45, 2.75) is 19.4 Å². The van der Waals surface area contributed by atoms with Gasteiger partial charge in [0.2, 0.25) is 0 Å². The lowest BCUT2D eigenvalue weighted by atomic mass is 9.93. The third kappa shape index (κ3) is 4.78. The maximum atomic E-state index is 12.9. The highest BCUT2D eigenvalue weighted by atomic mass is 35.5. The average molecular weight is 497 g/mol. The normalized spacial score (nSPS) is 16.4. The van der Waals surface area contributed by atoms with Crippen molar-refractivity contribution in [1.29, 1.82) is 0 Å². The number of carbonyl (C=O) groups excluding carboxylic acids is 3. The smallest absolute Gasteiger partial charge is 0.273 e. The second-order valence-electron chi connectivity index (χ2n) is 8.28. The largest absolute Gasteiger partial charge is 0.491 e. The van der Waals surface area contributed by atoms with Gasteiger partial charge in [0.25, 0.3) is 17.7 Å². The number of carbonyl (C=O) groups is 3. The summed E-state index contributed by atoms with van der Waals surface area (Å²) in [6, 6.07) is 14.0. The molecule has 10 heteroatoms. The van der Waals surface area contributed by atoms with E-state index in [4.69, 9.17) is 9.26 Å². The number of amides is 3. The minimum atomic E-state index is -0.333. The molecule has 0 saturated carbocycles. The van der Waals surface area contributed by atoms with E-state index in [0.29, 0.717) is 22.6 Å². The number of aryl methyl sites for hydroxylation is 1. The SMILES string of the molecule is Cc1cc(C(=O)NCCOc2cccc3c2C(CN2C(=O)c4ccccc4C2=O)NCC3)no1.Cl. The minimum Gasteiger partial charge on any atom is -0.491 e. The van der Waals surface area contributed by atoms with E-state index in [0.717, 1.165) is 24.1 Å². The van der Waals surface area contributed by atoms with Crippen molar-refractivity contribution in [2.24, 2.45) is 0 Å². The van der Waals surface area contributed by atoms with Gasteiger partial charge >= 0.3 is 0 Å². The first kappa shape index (κ1) is 24.4. The van der Waals surface area contributed by atoms with E-state index in [1.54, 1.807) is 37.3 Å². The Bertz CT molecular complexity index is 1240. The van der Waals surface area contributed by atoms with Gasteiger partial charge in [-0.3, -0.25) is 19.3 Å². The molecule has 1 unspecified atom stereocenters. The minimum absolute atomic E-state index is 0. The molecular weight excluding hydrogens is 472 g/mol. The molecule has 1 aromatic heterocycles. The highest BCUT2D eigenvalue weighted by molar-refractivity contribution is 6.21. The summed E-state index contributed by atoms with van der Waals surface area (Å²) in [7, 11) is 0. The number of fused-ring (bicyclic) bond motifs is 2. The second kappa shape index (κ2) is 10.3. The quantitative estimate of drug-likeness (QED) is 0.382. The van der Waals surface area contributed by atoms with E-state index in [1.165, 1.54) is 4.90 Å². The summed E-state index contributed by atoms with van der Waals surface area (Å²) >= 11 is 0. The van der Waals surface area contributed by atoms with Crippen LogP contribution in [0.15, 0.2) is 53.1 Å². The first-order valence-corrected chi connectivity index (χ1v) is 11.2. The zero-order chi connectivity index (χ0) is 23.7. The fraction of sp³-hybridized carbons (Fsp3) is 0.280. The van der Waals surface area contributed by atoms with E-state index in [2.05, 4.69) is 15.8 Å². The molecule has 5 rings (SSSR count). The van der Waals surface area contributed by atoms with Crippen LogP contribution >= 0.6 is 12.4 Å². The van der Waals surface area contributed by atoms with E-state index >= 15 is 0 Å². The van der Waals surface area contributed by atoms with Crippen molar-refractivity contribution in [1.82, 2.24) is 20.7 Å². The van der Waals surface area contributed by atoms with Crippen LogP contribution in [-0.4, -0.2) is 54.0 Å². The van der Waals surface area contributed by atoms with Crippen molar-refractivity contribution in [3.8, 4) is 5.75 Å². The number of hydrogen-bond acceptors (Lipinski definition) is 7. The summed E-state index contributed by atoms with van der Waals surface area (Å²) in [5.74, 6) is 0.338. The van der Waals surface area contributed by atoms with Gasteiger partial charge in [0.15, 0.2) is 5.69 Å². The average Bonchev–Trinajstić information content (AvgIpc) is 3.39. The summed E-state index contributed by atoms with van der Waals surface area (Å²) in [5, 5.41) is 9.88. The molecule has 0 aliphatic carbocycles. The molecule has 2 aromatic carbocycles. The summed E-state index contributed by atoms with van der Waals surface area (Å²) in [6.07, 6.45) is 0.813. The van der Waals surface area contributed by atoms with Gasteiger partial charge in [0.1, 0.15) is 18.1 Å². The molecule has 35 heavy (non-hydrogen) atoms. The van der Waals surface area contributed by atoms with Crippen LogP contribution in [0.4, 0.5) is 0 Å². The first-order valence-electron chi connectivity index (χ1n) is 11.2. The van der Waals surface area contributed by atoms with Crippen LogP contribution in [0.1, 0.15) is 54.1 Å². The van der Waals surface area contributed by atoms with Gasteiger partial charge in [-0.2, -0.15) is 0 Å². The fourth-order valence-corrected chi connectivity index (χ4v) is 4.44. The molecule has 0 bridgehead atoms. The molecular formula is C25H25ClN4O5. The zero-order valence-electron chi connectivity index (χ0n) is 19.1. The molecule has 3 heterocycles. The molecule has 3 aromatic rings. The standard InChI is InChI=1S/C25H24N4O5.ClH/c1-15-13-19(28-34-15)23(30)27-11-12-33-21-8-4-5-16-9-10-26-20(22(16)21)14-29-24(31)17-6-2-3-7-18(17)25(29)32;/h2-8,13,20,26H,9-12,14H2,1H3,(H,27,30);1H. The van der Waals surface area contributed by atoms with E-state index < -0.39 is 0 Å². The lowest BCUT2D eigenvalue weighted by Gasteiger charge is -2.31. The molecule has 182 valence electrons. The van der Waals surface area contributed by atoms with Crippen LogP contribution in [0.3, 0.4) is 0 Å². The number of nitrogens with zero attached hydrogens (tertiary/aromatic N) is 2. The predicted molar refractivity (Wildman–Crippen MR) is 129 cm³/mol. The molecule has 2 aliphatic heterocycles. The van der Waals surface area contributed by atoms with Gasteiger partial charge in [-0.05, 0) is 43.7 Å². The number of benzene rings is 2. The van der Waals surface area contributed by atoms with Gasteiger partial charge in [-0.25, -0.2) is 0 Å². The van der Waals surface area contributed by atoms with Gasteiger partial charge in [-0.1, -0.05) is 29.4 Å². The number of aromatic nitrogens is 1. The number of halogens is 1. The van der Waals surface area contributed by atoms with E-state index in [9.17, 15) is 14.4 Å². The summed E-state index contributed by atoms with van der Waals surface area (Å²) in [5.41, 5.74) is 3.14. The number of rotatable bonds is 7. The Morgan fingerprint density at radius 1 is 1.17 bits per heavy atom. The van der Waals surface area contributed by atoms with Crippen LogP contribution in [0.25, 0.3) is 0 Å². The van der Waals surface area contributed by atoms with Crippen molar-refractivity contribution in [3.63, 3.8) is 0 Å². The van der Waals surface area contributed by atoms with Crippen LogP contribution in [-0.2, 0) is 6.42 Å². The Kier molecular flexibility index (Phi) is 7.18. The highest BCUT2D eigenvalue weighted by Gasteiger charge is 2.38. The summed E-state index contributed by atoms with van der Waals surface area (Å²) in [4.78, 5) is 39.2. The van der Waals surface area contributed by atoms with Crippen molar-refractivity contribution in [2.75, 3.05) is 26.2 Å². The number of ether oxygens (including phenoxy) is 1. The third-order valence-electron chi connectivity index (χ3n) is 6.04. The van der Waals surface area contributed by atoms with Gasteiger partial charge < -0.3 is 19.9 Å². The molecule has 0 fully saturated rings. The monoisotopic (exact) mass is 496 g/mol. The molecule has 2 aliphatic rings. The summed E-state index contributed by atoms with van der Waals surface area (Å²) < 4.78 is 10.9. The van der Waals surface area contributed by atoms with Crippen molar-refractivity contribution >= 4 is 30.1 Å². The molecule has 1 atom stereocenters. The van der Waals surface area contributed by atoms with E-state index in [-0.39, 0.29) is 61.6 Å². The maximum absolute atomic E-state index is 12.9. The Morgan fingerprint density at radius 2 is 1.91 bits per heavy atom. The topological polar surface area (TPSA) is 114 Å². The maximum Gasteiger partial charge on any atom is 0.273 e. The molecule has 0 spiro atoms. The Labute approximate surface area is 208 Å². The van der Waals surface area contributed by atoms with Gasteiger partial charge in [0, 0.05) is 18.2 Å². The first-order chi connectivity index (χ1) is 16.5. The zero-order valence-corrected chi connectivity index (χ0v) is 19.9. The number of hydrogen-bond donors (Lipinski definition) is 2. The van der Waals surface area contributed by atoms with Crippen molar-refractivity contribution < 1.29 is 23.6 Å². The second-order valence-corrected chi connectivity index (χ2v) is 8.28. The Balaban J connectivity index is 0.00000289. The molecule has 3 amide bonds. The van der Waals surface area contributed by atoms with Crippen LogP contribution in [0, 0.1) is 6.92 Å². The molecule has 2 N–H and O–H groups in total. The van der Waals surface area contributed by atoms with E-state index in [1.807, 2.05) is 18.2 Å². The number of nitrogens with one attached hydrogen (secondary N) is 2. The highest BCUT2D eigenvalue weighted by Crippen LogP contribution is 2.34. The lowest BCUT2D eigenvalue weighted by Crippen LogP contribution is -2.41. The molecule has 0 radical (unpaired) electrons. The number of imide groups is 1. The van der Waals surface area contributed by atoms with Crippen LogP contribution < -0.4 is 15.4 Å². The lowest BCUT2D eigenvalue weighted by molar-refractivity contribution is 0.0636. The molecule has 0 saturated heterocycles. The fourth-order valence-electron chi connectivity index (χ4n) is 4.44. The van der Waals surface area contributed by atoms with Crippen LogP contribution in [0.2, 0.25) is 0 Å². The third-order valence-corrected chi connectivity index (χ3v) is 6.04. The predicted octanol–water partition coefficient (Wildman–Crippen LogP) is 2.70. The Morgan fingerprint density at radius 3 is 2.60 bits per heavy atom. The van der Waals surface area contributed by atoms with Crippen LogP contribution in [0.5, 0.6) is 5.75 Å². The Hall–Kier alpha value is -3.69. The summed E-state index contributed by atoms with van der Waals surface area (Å²) in [6.45, 7) is 3.20.